The van der Waals surface area contributed by atoms with Crippen molar-refractivity contribution in [2.24, 2.45) is 5.92 Å². The first-order valence-corrected chi connectivity index (χ1v) is 8.09. The normalized spacial score (nSPS) is 15.0. The zero-order valence-corrected chi connectivity index (χ0v) is 13.5. The fourth-order valence-corrected chi connectivity index (χ4v) is 2.73. The molecule has 1 saturated carbocycles. The molecule has 0 radical (unpaired) electrons. The first-order chi connectivity index (χ1) is 11.1. The zero-order valence-electron chi connectivity index (χ0n) is 13.5. The van der Waals surface area contributed by atoms with Gasteiger partial charge in [0.25, 0.3) is 5.91 Å². The number of hydrogen-bond acceptors (Lipinski definition) is 2. The minimum Gasteiger partial charge on any atom is -0.349 e. The largest absolute Gasteiger partial charge is 0.349 e. The van der Waals surface area contributed by atoms with Crippen LogP contribution in [-0.2, 0) is 11.3 Å². The molecular weight excluding hydrogens is 286 g/mol. The molecular formula is C19H21N3O. The van der Waals surface area contributed by atoms with E-state index in [0.717, 1.165) is 35.9 Å². The zero-order chi connectivity index (χ0) is 16.4. The maximum atomic E-state index is 12.1. The van der Waals surface area contributed by atoms with Gasteiger partial charge in [0.2, 0.25) is 0 Å². The van der Waals surface area contributed by atoms with E-state index in [2.05, 4.69) is 29.8 Å². The quantitative estimate of drug-likeness (QED) is 0.679. The summed E-state index contributed by atoms with van der Waals surface area (Å²) in [6.07, 6.45) is 5.76. The highest BCUT2D eigenvalue weighted by atomic mass is 16.1. The van der Waals surface area contributed by atoms with Crippen LogP contribution >= 0.6 is 0 Å². The van der Waals surface area contributed by atoms with E-state index in [-0.39, 0.29) is 17.5 Å². The minimum atomic E-state index is -0.268. The maximum Gasteiger partial charge on any atom is 0.262 e. The van der Waals surface area contributed by atoms with E-state index in [9.17, 15) is 10.1 Å². The number of nitrogens with one attached hydrogen (secondary N) is 1. The van der Waals surface area contributed by atoms with Crippen molar-refractivity contribution in [2.45, 2.75) is 39.3 Å². The van der Waals surface area contributed by atoms with Crippen molar-refractivity contribution in [1.29, 1.82) is 5.26 Å². The third-order valence-corrected chi connectivity index (χ3v) is 3.96. The van der Waals surface area contributed by atoms with Gasteiger partial charge in [-0.25, -0.2) is 0 Å². The van der Waals surface area contributed by atoms with E-state index in [1.807, 2.05) is 30.5 Å². The Morgan fingerprint density at radius 2 is 2.17 bits per heavy atom. The second-order valence-corrected chi connectivity index (χ2v) is 6.57. The van der Waals surface area contributed by atoms with Crippen LogP contribution in [0.5, 0.6) is 0 Å². The van der Waals surface area contributed by atoms with Crippen LogP contribution < -0.4 is 5.32 Å². The minimum absolute atomic E-state index is 0.171. The molecule has 3 rings (SSSR count). The van der Waals surface area contributed by atoms with Crippen LogP contribution in [0.1, 0.15) is 32.3 Å². The Morgan fingerprint density at radius 3 is 2.83 bits per heavy atom. The molecule has 1 aromatic carbocycles. The van der Waals surface area contributed by atoms with E-state index >= 15 is 0 Å². The lowest BCUT2D eigenvalue weighted by molar-refractivity contribution is -0.117. The van der Waals surface area contributed by atoms with Crippen molar-refractivity contribution >= 4 is 22.9 Å². The average molecular weight is 307 g/mol. The molecule has 1 amide bonds. The van der Waals surface area contributed by atoms with Gasteiger partial charge < -0.3 is 9.88 Å². The molecule has 1 heterocycles. The molecule has 118 valence electrons. The van der Waals surface area contributed by atoms with Crippen LogP contribution in [0.4, 0.5) is 0 Å². The molecule has 1 aliphatic carbocycles. The molecule has 0 spiro atoms. The third kappa shape index (κ3) is 3.45. The summed E-state index contributed by atoms with van der Waals surface area (Å²) in [5.41, 5.74) is 2.22. The van der Waals surface area contributed by atoms with Crippen LogP contribution in [0.25, 0.3) is 17.0 Å². The maximum absolute atomic E-state index is 12.1. The Morgan fingerprint density at radius 1 is 1.43 bits per heavy atom. The lowest BCUT2D eigenvalue weighted by Gasteiger charge is -2.07. The Balaban J connectivity index is 1.99. The number of carbonyl (C=O) groups is 1. The molecule has 1 aliphatic rings. The highest BCUT2D eigenvalue weighted by Crippen LogP contribution is 2.25. The fourth-order valence-electron chi connectivity index (χ4n) is 2.73. The molecule has 23 heavy (non-hydrogen) atoms. The lowest BCUT2D eigenvalue weighted by atomic mass is 10.1. The smallest absolute Gasteiger partial charge is 0.262 e. The topological polar surface area (TPSA) is 57.8 Å². The fraction of sp³-hybridized carbons (Fsp3) is 0.368. The van der Waals surface area contributed by atoms with Gasteiger partial charge >= 0.3 is 0 Å². The number of rotatable bonds is 5. The van der Waals surface area contributed by atoms with E-state index in [1.54, 1.807) is 6.08 Å². The molecule has 0 bridgehead atoms. The molecule has 0 aliphatic heterocycles. The Hall–Kier alpha value is -2.54. The van der Waals surface area contributed by atoms with Crippen LogP contribution in [0.3, 0.4) is 0 Å². The van der Waals surface area contributed by atoms with Gasteiger partial charge in [0.1, 0.15) is 11.6 Å². The summed E-state index contributed by atoms with van der Waals surface area (Å²) in [4.78, 5) is 12.1. The number of aromatic nitrogens is 1. The second-order valence-electron chi connectivity index (χ2n) is 6.57. The van der Waals surface area contributed by atoms with Gasteiger partial charge in [-0.2, -0.15) is 5.26 Å². The van der Waals surface area contributed by atoms with Crippen LogP contribution in [0.2, 0.25) is 0 Å². The predicted octanol–water partition coefficient (Wildman–Crippen LogP) is 3.48. The summed E-state index contributed by atoms with van der Waals surface area (Å²) in [6.45, 7) is 5.26. The van der Waals surface area contributed by atoms with E-state index in [1.165, 1.54) is 0 Å². The predicted molar refractivity (Wildman–Crippen MR) is 91.5 cm³/mol. The van der Waals surface area contributed by atoms with Gasteiger partial charge in [-0.05, 0) is 30.9 Å². The number of nitriles is 1. The third-order valence-electron chi connectivity index (χ3n) is 3.96. The number of fused-ring (bicyclic) bond motifs is 1. The van der Waals surface area contributed by atoms with Gasteiger partial charge in [-0.3, -0.25) is 4.79 Å². The first kappa shape index (κ1) is 15.4. The summed E-state index contributed by atoms with van der Waals surface area (Å²) >= 11 is 0. The van der Waals surface area contributed by atoms with E-state index in [4.69, 9.17) is 0 Å². The summed E-state index contributed by atoms with van der Waals surface area (Å²) < 4.78 is 2.19. The van der Waals surface area contributed by atoms with Crippen molar-refractivity contribution in [3.8, 4) is 6.07 Å². The number of hydrogen-bond donors (Lipinski definition) is 1. The Kier molecular flexibility index (Phi) is 4.20. The molecule has 0 atom stereocenters. The number of carbonyl (C=O) groups excluding carboxylic acids is 1. The molecule has 4 heteroatoms. The van der Waals surface area contributed by atoms with Crippen molar-refractivity contribution < 1.29 is 4.79 Å². The molecule has 4 nitrogen and oxygen atoms in total. The number of nitrogens with zero attached hydrogens (tertiary/aromatic N) is 2. The van der Waals surface area contributed by atoms with Crippen LogP contribution in [0.15, 0.2) is 36.0 Å². The summed E-state index contributed by atoms with van der Waals surface area (Å²) in [5.74, 6) is 0.256. The van der Waals surface area contributed by atoms with E-state index in [0.29, 0.717) is 5.92 Å². The molecule has 0 unspecified atom stereocenters. The van der Waals surface area contributed by atoms with Crippen LogP contribution in [-0.4, -0.2) is 16.5 Å². The average Bonchev–Trinajstić information content (AvgIpc) is 3.27. The molecule has 2 aromatic rings. The van der Waals surface area contributed by atoms with E-state index < -0.39 is 0 Å². The summed E-state index contributed by atoms with van der Waals surface area (Å²) in [5, 5.41) is 13.3. The molecule has 1 fully saturated rings. The Bertz CT molecular complexity index is 804. The number of benzene rings is 1. The summed E-state index contributed by atoms with van der Waals surface area (Å²) in [6, 6.07) is 10.4. The van der Waals surface area contributed by atoms with Gasteiger partial charge in [0.15, 0.2) is 0 Å². The standard InChI is InChI=1S/C19H21N3O/c1-13(2)11-22-12-15(17-5-3-4-6-18(17)22)9-14(10-20)19(23)21-16-7-8-16/h3-6,9,12-13,16H,7-8,11H2,1-2H3,(H,21,23)/b14-9+. The van der Waals surface area contributed by atoms with Crippen molar-refractivity contribution in [3.05, 3.63) is 41.6 Å². The summed E-state index contributed by atoms with van der Waals surface area (Å²) in [7, 11) is 0. The van der Waals surface area contributed by atoms with Crippen molar-refractivity contribution in [1.82, 2.24) is 9.88 Å². The van der Waals surface area contributed by atoms with Crippen molar-refractivity contribution in [2.75, 3.05) is 0 Å². The lowest BCUT2D eigenvalue weighted by Crippen LogP contribution is -2.26. The van der Waals surface area contributed by atoms with Gasteiger partial charge in [-0.15, -0.1) is 0 Å². The molecule has 0 saturated heterocycles. The van der Waals surface area contributed by atoms with Crippen LogP contribution in [0, 0.1) is 17.2 Å². The second kappa shape index (κ2) is 6.29. The van der Waals surface area contributed by atoms with Crippen molar-refractivity contribution in [3.63, 3.8) is 0 Å². The number of amides is 1. The van der Waals surface area contributed by atoms with Gasteiger partial charge in [-0.1, -0.05) is 32.0 Å². The van der Waals surface area contributed by atoms with Gasteiger partial charge in [0.05, 0.1) is 0 Å². The first-order valence-electron chi connectivity index (χ1n) is 8.09. The molecule has 1 aromatic heterocycles. The monoisotopic (exact) mass is 307 g/mol. The number of para-hydroxylation sites is 1. The highest BCUT2D eigenvalue weighted by molar-refractivity contribution is 6.04. The molecule has 1 N–H and O–H groups in total. The Labute approximate surface area is 136 Å². The van der Waals surface area contributed by atoms with Gasteiger partial charge in [0, 0.05) is 35.2 Å². The SMILES string of the molecule is CC(C)Cn1cc(/C=C(\C#N)C(=O)NC2CC2)c2ccccc21. The highest BCUT2D eigenvalue weighted by Gasteiger charge is 2.24.